The topological polar surface area (TPSA) is 106 Å². The fraction of sp³-hybridized carbons (Fsp3) is 0.300. The molecule has 31 heavy (non-hydrogen) atoms. The van der Waals surface area contributed by atoms with Crippen molar-refractivity contribution in [3.05, 3.63) is 65.7 Å². The van der Waals surface area contributed by atoms with Crippen LogP contribution in [-0.2, 0) is 16.1 Å². The molecule has 0 saturated carbocycles. The Labute approximate surface area is 201 Å². The van der Waals surface area contributed by atoms with Crippen molar-refractivity contribution in [2.24, 2.45) is 5.10 Å². The highest BCUT2D eigenvalue weighted by atomic mass is 127. The third-order valence-electron chi connectivity index (χ3n) is 4.42. The first-order chi connectivity index (χ1) is 14.9. The zero-order chi connectivity index (χ0) is 22.2. The average Bonchev–Trinajstić information content (AvgIpc) is 2.74. The number of halogens is 2. The van der Waals surface area contributed by atoms with Crippen LogP contribution >= 0.6 is 38.5 Å². The summed E-state index contributed by atoms with van der Waals surface area (Å²) in [7, 11) is 0. The molecule has 0 radical (unpaired) electrons. The number of rotatable bonds is 8. The number of hydrogen-bond donors (Lipinski definition) is 1. The summed E-state index contributed by atoms with van der Waals surface area (Å²) >= 11 is 5.66. The molecule has 0 atom stereocenters. The van der Waals surface area contributed by atoms with Crippen molar-refractivity contribution in [1.82, 2.24) is 10.3 Å². The maximum atomic E-state index is 12.0. The predicted molar refractivity (Wildman–Crippen MR) is 127 cm³/mol. The van der Waals surface area contributed by atoms with Crippen LogP contribution in [-0.4, -0.2) is 54.8 Å². The molecule has 1 amide bonds. The minimum Gasteiger partial charge on any atom is -0.487 e. The summed E-state index contributed by atoms with van der Waals surface area (Å²) in [6.45, 7) is 3.32. The lowest BCUT2D eigenvalue weighted by Crippen LogP contribution is -2.42. The molecule has 1 saturated heterocycles. The Morgan fingerprint density at radius 1 is 1.32 bits per heavy atom. The molecule has 1 aliphatic heterocycles. The molecular weight excluding hydrogens is 583 g/mol. The van der Waals surface area contributed by atoms with Gasteiger partial charge in [-0.1, -0.05) is 0 Å². The van der Waals surface area contributed by atoms with Crippen LogP contribution in [0.1, 0.15) is 11.1 Å². The molecule has 0 spiro atoms. The summed E-state index contributed by atoms with van der Waals surface area (Å²) < 4.78 is 12.7. The van der Waals surface area contributed by atoms with E-state index in [1.54, 1.807) is 18.3 Å². The minimum atomic E-state index is -0.435. The standard InChI is InChI=1S/C20H20BrIN4O5/c21-17-9-15(11-23-24-19(27)12-25-5-7-30-8-6-25)10-18(22)20(17)31-13-14-1-3-16(4-2-14)26(28)29/h1-4,9-11H,5-8,12-13H2,(H,24,27)/b23-11+. The van der Waals surface area contributed by atoms with E-state index in [0.717, 1.165) is 32.3 Å². The Kier molecular flexibility index (Phi) is 8.75. The second-order valence-electron chi connectivity index (χ2n) is 6.71. The molecule has 0 bridgehead atoms. The highest BCUT2D eigenvalue weighted by Crippen LogP contribution is 2.32. The van der Waals surface area contributed by atoms with Gasteiger partial charge in [-0.3, -0.25) is 19.8 Å². The maximum absolute atomic E-state index is 12.0. The number of carbonyl (C=O) groups excluding carboxylic acids is 1. The van der Waals surface area contributed by atoms with E-state index in [-0.39, 0.29) is 24.7 Å². The van der Waals surface area contributed by atoms with Gasteiger partial charge in [0.15, 0.2) is 0 Å². The van der Waals surface area contributed by atoms with Crippen molar-refractivity contribution in [2.75, 3.05) is 32.8 Å². The molecule has 1 heterocycles. The van der Waals surface area contributed by atoms with Crippen molar-refractivity contribution in [3.8, 4) is 5.75 Å². The smallest absolute Gasteiger partial charge is 0.269 e. The number of nitro groups is 1. The van der Waals surface area contributed by atoms with E-state index < -0.39 is 4.92 Å². The summed E-state index contributed by atoms with van der Waals surface area (Å²) in [5.41, 5.74) is 4.20. The van der Waals surface area contributed by atoms with Gasteiger partial charge in [0.25, 0.3) is 11.6 Å². The van der Waals surface area contributed by atoms with Gasteiger partial charge in [-0.05, 0) is 73.9 Å². The summed E-state index contributed by atoms with van der Waals surface area (Å²) in [4.78, 5) is 24.3. The minimum absolute atomic E-state index is 0.0418. The molecule has 0 unspecified atom stereocenters. The highest BCUT2D eigenvalue weighted by molar-refractivity contribution is 14.1. The van der Waals surface area contributed by atoms with E-state index in [9.17, 15) is 14.9 Å². The SMILES string of the molecule is O=C(CN1CCOCC1)N/N=C/c1cc(Br)c(OCc2ccc([N+](=O)[O-])cc2)c(I)c1. The molecule has 1 N–H and O–H groups in total. The summed E-state index contributed by atoms with van der Waals surface area (Å²) in [6.07, 6.45) is 1.57. The molecular formula is C20H20BrIN4O5. The average molecular weight is 603 g/mol. The zero-order valence-corrected chi connectivity index (χ0v) is 20.2. The predicted octanol–water partition coefficient (Wildman–Crippen LogP) is 3.32. The lowest BCUT2D eigenvalue weighted by molar-refractivity contribution is -0.384. The largest absolute Gasteiger partial charge is 0.487 e. The van der Waals surface area contributed by atoms with Crippen LogP contribution in [0.25, 0.3) is 0 Å². The molecule has 11 heteroatoms. The van der Waals surface area contributed by atoms with Crippen LogP contribution in [0.5, 0.6) is 5.75 Å². The van der Waals surface area contributed by atoms with Crippen molar-refractivity contribution in [1.29, 1.82) is 0 Å². The molecule has 0 aromatic heterocycles. The van der Waals surface area contributed by atoms with Gasteiger partial charge in [0.1, 0.15) is 12.4 Å². The number of nitrogens with zero attached hydrogens (tertiary/aromatic N) is 3. The Hall–Kier alpha value is -2.09. The third-order valence-corrected chi connectivity index (χ3v) is 5.82. The Bertz CT molecular complexity index is 942. The molecule has 9 nitrogen and oxygen atoms in total. The Morgan fingerprint density at radius 2 is 2.03 bits per heavy atom. The third kappa shape index (κ3) is 7.23. The van der Waals surface area contributed by atoms with Gasteiger partial charge in [0.2, 0.25) is 0 Å². The first-order valence-corrected chi connectivity index (χ1v) is 11.3. The Morgan fingerprint density at radius 3 is 2.68 bits per heavy atom. The van der Waals surface area contributed by atoms with Gasteiger partial charge in [0.05, 0.1) is 38.9 Å². The van der Waals surface area contributed by atoms with Crippen molar-refractivity contribution < 1.29 is 19.2 Å². The molecule has 1 fully saturated rings. The van der Waals surface area contributed by atoms with Crippen LogP contribution in [0.4, 0.5) is 5.69 Å². The number of carbonyl (C=O) groups is 1. The van der Waals surface area contributed by atoms with Gasteiger partial charge < -0.3 is 9.47 Å². The summed E-state index contributed by atoms with van der Waals surface area (Å²) in [5, 5.41) is 14.8. The quantitative estimate of drug-likeness (QED) is 0.215. The second-order valence-corrected chi connectivity index (χ2v) is 8.72. The molecule has 0 aliphatic carbocycles. The van der Waals surface area contributed by atoms with Crippen LogP contribution in [0.15, 0.2) is 46.0 Å². The van der Waals surface area contributed by atoms with Crippen molar-refractivity contribution >= 4 is 56.3 Å². The van der Waals surface area contributed by atoms with Gasteiger partial charge in [-0.25, -0.2) is 5.43 Å². The Balaban J connectivity index is 1.54. The van der Waals surface area contributed by atoms with Crippen molar-refractivity contribution in [3.63, 3.8) is 0 Å². The first-order valence-electron chi connectivity index (χ1n) is 9.39. The number of ether oxygens (including phenoxy) is 2. The summed E-state index contributed by atoms with van der Waals surface area (Å²) in [6, 6.07) is 9.95. The number of nitrogens with one attached hydrogen (secondary N) is 1. The number of hydrazone groups is 1. The van der Waals surface area contributed by atoms with E-state index in [4.69, 9.17) is 9.47 Å². The first kappa shape index (κ1) is 23.6. The normalized spacial score (nSPS) is 14.5. The second kappa shape index (κ2) is 11.5. The van der Waals surface area contributed by atoms with E-state index in [1.807, 2.05) is 17.0 Å². The van der Waals surface area contributed by atoms with Crippen LogP contribution < -0.4 is 10.2 Å². The lowest BCUT2D eigenvalue weighted by atomic mass is 10.2. The lowest BCUT2D eigenvalue weighted by Gasteiger charge is -2.25. The van der Waals surface area contributed by atoms with E-state index in [0.29, 0.717) is 19.0 Å². The van der Waals surface area contributed by atoms with Crippen molar-refractivity contribution in [2.45, 2.75) is 6.61 Å². The van der Waals surface area contributed by atoms with Gasteiger partial charge in [0, 0.05) is 25.2 Å². The molecule has 1 aliphatic rings. The monoisotopic (exact) mass is 602 g/mol. The molecule has 164 valence electrons. The van der Waals surface area contributed by atoms with Gasteiger partial charge in [-0.2, -0.15) is 5.10 Å². The van der Waals surface area contributed by atoms with E-state index in [2.05, 4.69) is 49.0 Å². The number of morpholine rings is 1. The van der Waals surface area contributed by atoms with Crippen LogP contribution in [0.3, 0.4) is 0 Å². The number of amides is 1. The molecule has 3 rings (SSSR count). The molecule has 2 aromatic carbocycles. The van der Waals surface area contributed by atoms with Gasteiger partial charge >= 0.3 is 0 Å². The fourth-order valence-electron chi connectivity index (χ4n) is 2.84. The van der Waals surface area contributed by atoms with E-state index >= 15 is 0 Å². The highest BCUT2D eigenvalue weighted by Gasteiger charge is 2.14. The van der Waals surface area contributed by atoms with E-state index in [1.165, 1.54) is 12.1 Å². The number of non-ortho nitro benzene ring substituents is 1. The summed E-state index contributed by atoms with van der Waals surface area (Å²) in [5.74, 6) is 0.488. The number of nitro benzene ring substituents is 1. The number of hydrogen-bond acceptors (Lipinski definition) is 7. The van der Waals surface area contributed by atoms with Crippen LogP contribution in [0.2, 0.25) is 0 Å². The van der Waals surface area contributed by atoms with Gasteiger partial charge in [-0.15, -0.1) is 0 Å². The molecule has 2 aromatic rings. The van der Waals surface area contributed by atoms with Crippen LogP contribution in [0, 0.1) is 13.7 Å². The fourth-order valence-corrected chi connectivity index (χ4v) is 4.61. The maximum Gasteiger partial charge on any atom is 0.269 e. The number of benzene rings is 2. The zero-order valence-electron chi connectivity index (χ0n) is 16.4.